The van der Waals surface area contributed by atoms with Gasteiger partial charge in [0.05, 0.1) is 6.61 Å². The summed E-state index contributed by atoms with van der Waals surface area (Å²) < 4.78 is 7.34. The molecule has 1 aromatic rings. The second-order valence-corrected chi connectivity index (χ2v) is 5.74. The van der Waals surface area contributed by atoms with E-state index < -0.39 is 5.54 Å². The average molecular weight is 279 g/mol. The van der Waals surface area contributed by atoms with Crippen molar-refractivity contribution in [2.75, 3.05) is 6.61 Å². The Balaban J connectivity index is 1.89. The lowest BCUT2D eigenvalue weighted by atomic mass is 9.95. The Morgan fingerprint density at radius 1 is 1.60 bits per heavy atom. The standard InChI is InChI=1S/C15H25N3O2/c1-4-20-14(19)15(3,17-13-6-7-13)8-5-10-18-11-9-16-12(18)2/h9,11,13,17H,4-8,10H2,1-3H3. The third-order valence-electron chi connectivity index (χ3n) is 3.83. The number of hydrogen-bond acceptors (Lipinski definition) is 4. The molecule has 0 amide bonds. The molecule has 1 fully saturated rings. The lowest BCUT2D eigenvalue weighted by Gasteiger charge is -2.28. The van der Waals surface area contributed by atoms with Crippen molar-refractivity contribution in [1.82, 2.24) is 14.9 Å². The number of rotatable bonds is 8. The van der Waals surface area contributed by atoms with Gasteiger partial charge in [0.2, 0.25) is 0 Å². The van der Waals surface area contributed by atoms with E-state index in [1.165, 1.54) is 0 Å². The van der Waals surface area contributed by atoms with Gasteiger partial charge < -0.3 is 9.30 Å². The molecule has 0 aliphatic heterocycles. The zero-order valence-corrected chi connectivity index (χ0v) is 12.7. The molecule has 1 N–H and O–H groups in total. The number of ether oxygens (including phenoxy) is 1. The van der Waals surface area contributed by atoms with E-state index in [1.54, 1.807) is 0 Å². The van der Waals surface area contributed by atoms with Crippen LogP contribution in [0, 0.1) is 6.92 Å². The molecule has 1 heterocycles. The molecule has 2 rings (SSSR count). The lowest BCUT2D eigenvalue weighted by Crippen LogP contribution is -2.51. The summed E-state index contributed by atoms with van der Waals surface area (Å²) in [4.78, 5) is 16.4. The maximum atomic E-state index is 12.2. The molecule has 0 saturated heterocycles. The van der Waals surface area contributed by atoms with Crippen LogP contribution in [0.3, 0.4) is 0 Å². The van der Waals surface area contributed by atoms with Gasteiger partial charge in [-0.05, 0) is 46.5 Å². The Morgan fingerprint density at radius 3 is 2.90 bits per heavy atom. The molecule has 1 aromatic heterocycles. The topological polar surface area (TPSA) is 56.2 Å². The maximum absolute atomic E-state index is 12.2. The van der Waals surface area contributed by atoms with Crippen LogP contribution >= 0.6 is 0 Å². The zero-order valence-electron chi connectivity index (χ0n) is 12.7. The summed E-state index contributed by atoms with van der Waals surface area (Å²) in [5.74, 6) is 0.882. The summed E-state index contributed by atoms with van der Waals surface area (Å²) in [5.41, 5.74) is -0.564. The average Bonchev–Trinajstić information content (AvgIpc) is 3.12. The molecular weight excluding hydrogens is 254 g/mol. The Labute approximate surface area is 120 Å². The molecule has 1 unspecified atom stereocenters. The molecule has 0 radical (unpaired) electrons. The van der Waals surface area contributed by atoms with Gasteiger partial charge in [-0.15, -0.1) is 0 Å². The van der Waals surface area contributed by atoms with E-state index in [-0.39, 0.29) is 5.97 Å². The molecule has 0 spiro atoms. The van der Waals surface area contributed by atoms with E-state index in [4.69, 9.17) is 4.74 Å². The van der Waals surface area contributed by atoms with Crippen molar-refractivity contribution in [2.45, 2.75) is 64.6 Å². The number of carbonyl (C=O) groups is 1. The fraction of sp³-hybridized carbons (Fsp3) is 0.733. The minimum Gasteiger partial charge on any atom is -0.465 e. The molecule has 0 aromatic carbocycles. The van der Waals surface area contributed by atoms with E-state index >= 15 is 0 Å². The van der Waals surface area contributed by atoms with Crippen LogP contribution < -0.4 is 5.32 Å². The van der Waals surface area contributed by atoms with E-state index in [2.05, 4.69) is 14.9 Å². The number of carbonyl (C=O) groups excluding carboxylic acids is 1. The van der Waals surface area contributed by atoms with Crippen LogP contribution in [0.15, 0.2) is 12.4 Å². The third kappa shape index (κ3) is 3.82. The van der Waals surface area contributed by atoms with Crippen molar-refractivity contribution >= 4 is 5.97 Å². The summed E-state index contributed by atoms with van der Waals surface area (Å²) >= 11 is 0. The largest absolute Gasteiger partial charge is 0.465 e. The first-order chi connectivity index (χ1) is 9.55. The van der Waals surface area contributed by atoms with Crippen LogP contribution in [0.2, 0.25) is 0 Å². The number of aromatic nitrogens is 2. The fourth-order valence-electron chi connectivity index (χ4n) is 2.44. The second-order valence-electron chi connectivity index (χ2n) is 5.74. The summed E-state index contributed by atoms with van der Waals surface area (Å²) in [7, 11) is 0. The molecule has 1 aliphatic carbocycles. The highest BCUT2D eigenvalue weighted by Crippen LogP contribution is 2.26. The van der Waals surface area contributed by atoms with Crippen molar-refractivity contribution < 1.29 is 9.53 Å². The van der Waals surface area contributed by atoms with Crippen molar-refractivity contribution in [2.24, 2.45) is 0 Å². The van der Waals surface area contributed by atoms with Gasteiger partial charge in [0.1, 0.15) is 11.4 Å². The van der Waals surface area contributed by atoms with Crippen LogP contribution in [0.25, 0.3) is 0 Å². The smallest absolute Gasteiger partial charge is 0.326 e. The van der Waals surface area contributed by atoms with Crippen LogP contribution in [-0.2, 0) is 16.1 Å². The van der Waals surface area contributed by atoms with Crippen molar-refractivity contribution in [1.29, 1.82) is 0 Å². The summed E-state index contributed by atoms with van der Waals surface area (Å²) in [6.45, 7) is 7.12. The number of esters is 1. The van der Waals surface area contributed by atoms with Gasteiger partial charge in [-0.3, -0.25) is 10.1 Å². The number of aryl methyl sites for hydroxylation is 2. The Morgan fingerprint density at radius 2 is 2.35 bits per heavy atom. The highest BCUT2D eigenvalue weighted by Gasteiger charge is 2.39. The fourth-order valence-corrected chi connectivity index (χ4v) is 2.44. The maximum Gasteiger partial charge on any atom is 0.326 e. The van der Waals surface area contributed by atoms with Gasteiger partial charge in [0, 0.05) is 25.0 Å². The van der Waals surface area contributed by atoms with Gasteiger partial charge in [0.25, 0.3) is 0 Å². The second kappa shape index (κ2) is 6.39. The normalized spacial score (nSPS) is 17.8. The lowest BCUT2D eigenvalue weighted by molar-refractivity contribution is -0.151. The number of hydrogen-bond donors (Lipinski definition) is 1. The van der Waals surface area contributed by atoms with Gasteiger partial charge in [-0.2, -0.15) is 0 Å². The molecule has 20 heavy (non-hydrogen) atoms. The predicted octanol–water partition coefficient (Wildman–Crippen LogP) is 2.05. The number of nitrogens with zero attached hydrogens (tertiary/aromatic N) is 2. The monoisotopic (exact) mass is 279 g/mol. The first kappa shape index (κ1) is 15.0. The minimum absolute atomic E-state index is 0.130. The highest BCUT2D eigenvalue weighted by atomic mass is 16.5. The molecule has 1 aliphatic rings. The van der Waals surface area contributed by atoms with Gasteiger partial charge in [-0.25, -0.2) is 4.98 Å². The molecule has 5 nitrogen and oxygen atoms in total. The number of imidazole rings is 1. The van der Waals surface area contributed by atoms with Crippen molar-refractivity contribution in [3.05, 3.63) is 18.2 Å². The van der Waals surface area contributed by atoms with E-state index in [0.717, 1.165) is 38.1 Å². The first-order valence-electron chi connectivity index (χ1n) is 7.48. The molecular formula is C15H25N3O2. The molecule has 0 bridgehead atoms. The Bertz CT molecular complexity index is 454. The SMILES string of the molecule is CCOC(=O)C(C)(CCCn1ccnc1C)NC1CC1. The van der Waals surface area contributed by atoms with Gasteiger partial charge >= 0.3 is 5.97 Å². The summed E-state index contributed by atoms with van der Waals surface area (Å²) in [5, 5.41) is 3.45. The summed E-state index contributed by atoms with van der Waals surface area (Å²) in [6.07, 6.45) is 7.81. The van der Waals surface area contributed by atoms with Crippen molar-refractivity contribution in [3.63, 3.8) is 0 Å². The van der Waals surface area contributed by atoms with Gasteiger partial charge in [0.15, 0.2) is 0 Å². The Kier molecular flexibility index (Phi) is 4.81. The summed E-state index contributed by atoms with van der Waals surface area (Å²) in [6, 6.07) is 0.486. The van der Waals surface area contributed by atoms with Gasteiger partial charge in [-0.1, -0.05) is 0 Å². The van der Waals surface area contributed by atoms with E-state index in [0.29, 0.717) is 12.6 Å². The van der Waals surface area contributed by atoms with Crippen molar-refractivity contribution in [3.8, 4) is 0 Å². The van der Waals surface area contributed by atoms with Crippen LogP contribution in [0.1, 0.15) is 45.4 Å². The minimum atomic E-state index is -0.564. The molecule has 1 atom stereocenters. The quantitative estimate of drug-likeness (QED) is 0.740. The van der Waals surface area contributed by atoms with Crippen LogP contribution in [-0.4, -0.2) is 33.7 Å². The molecule has 1 saturated carbocycles. The number of nitrogens with one attached hydrogen (secondary N) is 1. The van der Waals surface area contributed by atoms with Crippen LogP contribution in [0.5, 0.6) is 0 Å². The molecule has 112 valence electrons. The Hall–Kier alpha value is -1.36. The highest BCUT2D eigenvalue weighted by molar-refractivity contribution is 5.80. The third-order valence-corrected chi connectivity index (χ3v) is 3.83. The van der Waals surface area contributed by atoms with Crippen LogP contribution in [0.4, 0.5) is 0 Å². The van der Waals surface area contributed by atoms with E-state index in [1.807, 2.05) is 33.2 Å². The zero-order chi connectivity index (χ0) is 14.6. The van der Waals surface area contributed by atoms with E-state index in [9.17, 15) is 4.79 Å². The molecule has 5 heteroatoms. The predicted molar refractivity (Wildman–Crippen MR) is 77.4 cm³/mol. The first-order valence-corrected chi connectivity index (χ1v) is 7.48.